The predicted molar refractivity (Wildman–Crippen MR) is 76.7 cm³/mol. The molecule has 1 aliphatic heterocycles. The fourth-order valence-corrected chi connectivity index (χ4v) is 2.61. The summed E-state index contributed by atoms with van der Waals surface area (Å²) in [7, 11) is 0. The molecule has 0 aromatic rings. The van der Waals surface area contributed by atoms with Gasteiger partial charge in [-0.3, -0.25) is 14.4 Å². The highest BCUT2D eigenvalue weighted by molar-refractivity contribution is 5.77. The second kappa shape index (κ2) is 6.67. The van der Waals surface area contributed by atoms with Crippen LogP contribution in [0.1, 0.15) is 52.9 Å². The molecule has 0 amide bonds. The highest BCUT2D eigenvalue weighted by Gasteiger charge is 2.44. The van der Waals surface area contributed by atoms with Crippen LogP contribution < -0.4 is 0 Å². The third-order valence-electron chi connectivity index (χ3n) is 4.59. The molecule has 2 bridgehead atoms. The van der Waals surface area contributed by atoms with Gasteiger partial charge in [0.05, 0.1) is 17.8 Å². The first-order valence-electron chi connectivity index (χ1n) is 7.90. The second-order valence-corrected chi connectivity index (χ2v) is 6.64. The number of fused-ring (bicyclic) bond motifs is 2. The minimum absolute atomic E-state index is 0.0148. The van der Waals surface area contributed by atoms with E-state index in [2.05, 4.69) is 0 Å². The van der Waals surface area contributed by atoms with E-state index >= 15 is 0 Å². The molecule has 3 unspecified atom stereocenters. The van der Waals surface area contributed by atoms with E-state index in [1.54, 1.807) is 13.8 Å². The standard InChI is InChI=1S/C16H24O6/c1-4-16(2,3)15(19)20-8-7-13(17)21-11-6-5-10-9-12(11)22-14(10)18/h10-12H,4-9H2,1-3H3. The number of hydrogen-bond donors (Lipinski definition) is 0. The molecule has 1 saturated heterocycles. The summed E-state index contributed by atoms with van der Waals surface area (Å²) < 4.78 is 15.7. The molecular weight excluding hydrogens is 288 g/mol. The van der Waals surface area contributed by atoms with E-state index in [-0.39, 0.29) is 43.1 Å². The molecule has 124 valence electrons. The Labute approximate surface area is 130 Å². The fraction of sp³-hybridized carbons (Fsp3) is 0.812. The summed E-state index contributed by atoms with van der Waals surface area (Å²) in [5, 5.41) is 0. The topological polar surface area (TPSA) is 78.9 Å². The first kappa shape index (κ1) is 16.8. The van der Waals surface area contributed by atoms with Crippen LogP contribution in [-0.4, -0.2) is 36.7 Å². The predicted octanol–water partition coefficient (Wildman–Crippen LogP) is 1.99. The van der Waals surface area contributed by atoms with Crippen molar-refractivity contribution in [3.8, 4) is 0 Å². The number of rotatable bonds is 6. The Morgan fingerprint density at radius 2 is 2.05 bits per heavy atom. The summed E-state index contributed by atoms with van der Waals surface area (Å²) >= 11 is 0. The second-order valence-electron chi connectivity index (χ2n) is 6.64. The summed E-state index contributed by atoms with van der Waals surface area (Å²) in [6.45, 7) is 5.54. The number of carbonyl (C=O) groups is 3. The molecule has 2 aliphatic rings. The third-order valence-corrected chi connectivity index (χ3v) is 4.59. The molecule has 0 aromatic heterocycles. The quantitative estimate of drug-likeness (QED) is 0.551. The van der Waals surface area contributed by atoms with Gasteiger partial charge in [-0.15, -0.1) is 0 Å². The van der Waals surface area contributed by atoms with E-state index in [0.29, 0.717) is 25.7 Å². The van der Waals surface area contributed by atoms with Crippen molar-refractivity contribution in [1.82, 2.24) is 0 Å². The van der Waals surface area contributed by atoms with Gasteiger partial charge in [-0.1, -0.05) is 6.92 Å². The lowest BCUT2D eigenvalue weighted by molar-refractivity contribution is -0.164. The Morgan fingerprint density at radius 1 is 1.32 bits per heavy atom. The molecule has 1 saturated carbocycles. The van der Waals surface area contributed by atoms with Crippen LogP contribution in [0.4, 0.5) is 0 Å². The van der Waals surface area contributed by atoms with Crippen LogP contribution in [0.5, 0.6) is 0 Å². The van der Waals surface area contributed by atoms with E-state index in [9.17, 15) is 14.4 Å². The van der Waals surface area contributed by atoms with Crippen LogP contribution in [0.2, 0.25) is 0 Å². The number of hydrogen-bond acceptors (Lipinski definition) is 6. The monoisotopic (exact) mass is 312 g/mol. The van der Waals surface area contributed by atoms with E-state index in [0.717, 1.165) is 0 Å². The maximum atomic E-state index is 11.8. The Morgan fingerprint density at radius 3 is 2.73 bits per heavy atom. The zero-order valence-corrected chi connectivity index (χ0v) is 13.4. The van der Waals surface area contributed by atoms with Gasteiger partial charge in [0.2, 0.25) is 0 Å². The summed E-state index contributed by atoms with van der Waals surface area (Å²) in [6.07, 6.45) is 2.01. The van der Waals surface area contributed by atoms with Gasteiger partial charge < -0.3 is 14.2 Å². The number of carbonyl (C=O) groups excluding carboxylic acids is 3. The van der Waals surface area contributed by atoms with Crippen molar-refractivity contribution in [3.63, 3.8) is 0 Å². The lowest BCUT2D eigenvalue weighted by Crippen LogP contribution is -2.34. The van der Waals surface area contributed by atoms with Crippen LogP contribution in [0.15, 0.2) is 0 Å². The maximum Gasteiger partial charge on any atom is 0.311 e. The summed E-state index contributed by atoms with van der Waals surface area (Å²) in [6, 6.07) is 0. The zero-order valence-electron chi connectivity index (χ0n) is 13.4. The third kappa shape index (κ3) is 3.78. The van der Waals surface area contributed by atoms with E-state index in [4.69, 9.17) is 14.2 Å². The maximum absolute atomic E-state index is 11.8. The van der Waals surface area contributed by atoms with Gasteiger partial charge in [-0.05, 0) is 33.1 Å². The normalized spacial score (nSPS) is 27.2. The minimum Gasteiger partial charge on any atom is -0.465 e. The van der Waals surface area contributed by atoms with Gasteiger partial charge >= 0.3 is 17.9 Å². The van der Waals surface area contributed by atoms with E-state index < -0.39 is 11.4 Å². The van der Waals surface area contributed by atoms with Crippen LogP contribution >= 0.6 is 0 Å². The van der Waals surface area contributed by atoms with Crippen molar-refractivity contribution in [2.75, 3.05) is 6.61 Å². The van der Waals surface area contributed by atoms with Gasteiger partial charge in [0, 0.05) is 6.42 Å². The average Bonchev–Trinajstić information content (AvgIpc) is 2.78. The fourth-order valence-electron chi connectivity index (χ4n) is 2.61. The van der Waals surface area contributed by atoms with Gasteiger partial charge in [0.25, 0.3) is 0 Å². The van der Waals surface area contributed by atoms with Crippen LogP contribution in [-0.2, 0) is 28.6 Å². The number of ether oxygens (including phenoxy) is 3. The molecule has 1 heterocycles. The highest BCUT2D eigenvalue weighted by atomic mass is 16.6. The lowest BCUT2D eigenvalue weighted by atomic mass is 9.88. The van der Waals surface area contributed by atoms with Crippen molar-refractivity contribution in [2.45, 2.75) is 65.1 Å². The Bertz CT molecular complexity index is 456. The zero-order chi connectivity index (χ0) is 16.3. The van der Waals surface area contributed by atoms with Crippen molar-refractivity contribution < 1.29 is 28.6 Å². The molecule has 6 nitrogen and oxygen atoms in total. The van der Waals surface area contributed by atoms with Crippen molar-refractivity contribution in [1.29, 1.82) is 0 Å². The Balaban J connectivity index is 1.70. The smallest absolute Gasteiger partial charge is 0.311 e. The average molecular weight is 312 g/mol. The van der Waals surface area contributed by atoms with Crippen molar-refractivity contribution in [3.05, 3.63) is 0 Å². The molecule has 2 rings (SSSR count). The first-order chi connectivity index (χ1) is 10.3. The van der Waals surface area contributed by atoms with Gasteiger partial charge in [-0.2, -0.15) is 0 Å². The van der Waals surface area contributed by atoms with Crippen LogP contribution in [0.25, 0.3) is 0 Å². The number of esters is 3. The molecule has 0 N–H and O–H groups in total. The molecule has 0 radical (unpaired) electrons. The van der Waals surface area contributed by atoms with Crippen molar-refractivity contribution >= 4 is 17.9 Å². The highest BCUT2D eigenvalue weighted by Crippen LogP contribution is 2.35. The molecule has 3 atom stereocenters. The van der Waals surface area contributed by atoms with Gasteiger partial charge in [0.1, 0.15) is 18.8 Å². The SMILES string of the molecule is CCC(C)(C)C(=O)OCCC(=O)OC1CCC2CC1OC2=O. The Kier molecular flexibility index (Phi) is 5.08. The van der Waals surface area contributed by atoms with Gasteiger partial charge in [-0.25, -0.2) is 0 Å². The van der Waals surface area contributed by atoms with E-state index in [1.807, 2.05) is 6.92 Å². The van der Waals surface area contributed by atoms with Gasteiger partial charge in [0.15, 0.2) is 0 Å². The molecular formula is C16H24O6. The summed E-state index contributed by atoms with van der Waals surface area (Å²) in [4.78, 5) is 35.0. The first-order valence-corrected chi connectivity index (χ1v) is 7.90. The van der Waals surface area contributed by atoms with Crippen LogP contribution in [0, 0.1) is 11.3 Å². The van der Waals surface area contributed by atoms with E-state index in [1.165, 1.54) is 0 Å². The van der Waals surface area contributed by atoms with Crippen LogP contribution in [0.3, 0.4) is 0 Å². The van der Waals surface area contributed by atoms with Crippen molar-refractivity contribution in [2.24, 2.45) is 11.3 Å². The molecule has 2 fully saturated rings. The minimum atomic E-state index is -0.541. The molecule has 0 aromatic carbocycles. The molecule has 6 heteroatoms. The molecule has 1 aliphatic carbocycles. The summed E-state index contributed by atoms with van der Waals surface area (Å²) in [5.41, 5.74) is -0.541. The largest absolute Gasteiger partial charge is 0.465 e. The lowest BCUT2D eigenvalue weighted by Gasteiger charge is -2.25. The Hall–Kier alpha value is -1.59. The molecule has 22 heavy (non-hydrogen) atoms. The summed E-state index contributed by atoms with van der Waals surface area (Å²) in [5.74, 6) is -0.946. The molecule has 0 spiro atoms.